The summed E-state index contributed by atoms with van der Waals surface area (Å²) < 4.78 is 22.7. The highest BCUT2D eigenvalue weighted by Crippen LogP contribution is 2.24. The molecule has 4 nitrogen and oxygen atoms in total. The van der Waals surface area contributed by atoms with Crippen LogP contribution in [-0.2, 0) is 9.84 Å². The minimum Gasteiger partial charge on any atom is -0.396 e. The molecule has 0 aliphatic carbocycles. The number of hydrogen-bond acceptors (Lipinski definition) is 4. The summed E-state index contributed by atoms with van der Waals surface area (Å²) in [5.74, 6) is 0.533. The molecule has 0 bridgehead atoms. The monoisotopic (exact) mass is 249 g/mol. The molecule has 0 aromatic carbocycles. The van der Waals surface area contributed by atoms with Crippen LogP contribution < -0.4 is 5.32 Å². The highest BCUT2D eigenvalue weighted by molar-refractivity contribution is 7.91. The van der Waals surface area contributed by atoms with Crippen molar-refractivity contribution in [2.75, 3.05) is 18.1 Å². The number of nitrogens with one attached hydrogen (secondary N) is 1. The van der Waals surface area contributed by atoms with Crippen LogP contribution in [0.1, 0.15) is 33.6 Å². The van der Waals surface area contributed by atoms with Crippen molar-refractivity contribution in [3.05, 3.63) is 0 Å². The summed E-state index contributed by atoms with van der Waals surface area (Å²) in [6.45, 7) is 6.44. The molecule has 0 amide bonds. The van der Waals surface area contributed by atoms with Crippen LogP contribution >= 0.6 is 0 Å². The molecule has 1 fully saturated rings. The second kappa shape index (κ2) is 5.02. The summed E-state index contributed by atoms with van der Waals surface area (Å²) in [6, 6.07) is 0.219. The van der Waals surface area contributed by atoms with Crippen molar-refractivity contribution in [2.24, 2.45) is 5.41 Å². The topological polar surface area (TPSA) is 66.4 Å². The van der Waals surface area contributed by atoms with Crippen molar-refractivity contribution in [2.45, 2.75) is 45.7 Å². The van der Waals surface area contributed by atoms with Gasteiger partial charge in [0.2, 0.25) is 0 Å². The molecule has 0 saturated carbocycles. The summed E-state index contributed by atoms with van der Waals surface area (Å²) in [4.78, 5) is 0. The normalized spacial score (nSPS) is 26.9. The number of aliphatic hydroxyl groups is 1. The molecular formula is C11H23NO3S. The van der Waals surface area contributed by atoms with Crippen LogP contribution in [0.4, 0.5) is 0 Å². The molecule has 1 rings (SSSR count). The second-order valence-electron chi connectivity index (χ2n) is 5.70. The Labute approximate surface area is 98.4 Å². The van der Waals surface area contributed by atoms with E-state index in [0.717, 1.165) is 0 Å². The van der Waals surface area contributed by atoms with E-state index in [-0.39, 0.29) is 29.9 Å². The molecule has 0 aromatic rings. The molecule has 2 unspecified atom stereocenters. The standard InChI is InChI=1S/C11H23NO3S/c1-11(2,3)10(4-6-13)12-9-5-7-16(14,15)8-9/h9-10,12-13H,4-8H2,1-3H3. The van der Waals surface area contributed by atoms with E-state index in [9.17, 15) is 8.42 Å². The predicted molar refractivity (Wildman–Crippen MR) is 65.1 cm³/mol. The molecule has 96 valence electrons. The van der Waals surface area contributed by atoms with Crippen molar-refractivity contribution in [3.63, 3.8) is 0 Å². The lowest BCUT2D eigenvalue weighted by molar-refractivity contribution is 0.188. The van der Waals surface area contributed by atoms with Crippen LogP contribution in [0.2, 0.25) is 0 Å². The molecule has 1 aliphatic heterocycles. The van der Waals surface area contributed by atoms with Gasteiger partial charge in [-0.2, -0.15) is 0 Å². The fourth-order valence-electron chi connectivity index (χ4n) is 2.11. The van der Waals surface area contributed by atoms with E-state index in [4.69, 9.17) is 5.11 Å². The number of sulfone groups is 1. The van der Waals surface area contributed by atoms with E-state index in [1.165, 1.54) is 0 Å². The Kier molecular flexibility index (Phi) is 4.37. The van der Waals surface area contributed by atoms with Crippen LogP contribution in [0.5, 0.6) is 0 Å². The van der Waals surface area contributed by atoms with E-state index in [1.54, 1.807) is 0 Å². The van der Waals surface area contributed by atoms with Crippen molar-refractivity contribution in [1.29, 1.82) is 0 Å². The van der Waals surface area contributed by atoms with Crippen molar-refractivity contribution < 1.29 is 13.5 Å². The van der Waals surface area contributed by atoms with E-state index >= 15 is 0 Å². The van der Waals surface area contributed by atoms with Gasteiger partial charge in [-0.15, -0.1) is 0 Å². The quantitative estimate of drug-likeness (QED) is 0.764. The van der Waals surface area contributed by atoms with E-state index in [2.05, 4.69) is 26.1 Å². The Morgan fingerprint density at radius 3 is 2.44 bits per heavy atom. The maximum atomic E-state index is 11.3. The van der Waals surface area contributed by atoms with Gasteiger partial charge < -0.3 is 10.4 Å². The van der Waals surface area contributed by atoms with Crippen LogP contribution in [0, 0.1) is 5.41 Å². The van der Waals surface area contributed by atoms with Crippen LogP contribution in [-0.4, -0.2) is 43.7 Å². The molecular weight excluding hydrogens is 226 g/mol. The van der Waals surface area contributed by atoms with Gasteiger partial charge in [-0.25, -0.2) is 8.42 Å². The fourth-order valence-corrected chi connectivity index (χ4v) is 3.79. The predicted octanol–water partition coefficient (Wildman–Crippen LogP) is 0.560. The van der Waals surface area contributed by atoms with E-state index in [1.807, 2.05) is 0 Å². The van der Waals surface area contributed by atoms with Crippen molar-refractivity contribution >= 4 is 9.84 Å². The summed E-state index contributed by atoms with van der Waals surface area (Å²) in [5, 5.41) is 12.4. The first-order valence-electron chi connectivity index (χ1n) is 5.82. The molecule has 1 aliphatic rings. The van der Waals surface area contributed by atoms with Crippen LogP contribution in [0.25, 0.3) is 0 Å². The average molecular weight is 249 g/mol. The minimum absolute atomic E-state index is 0.0368. The van der Waals surface area contributed by atoms with Gasteiger partial charge in [0, 0.05) is 18.7 Å². The Hall–Kier alpha value is -0.130. The smallest absolute Gasteiger partial charge is 0.151 e. The van der Waals surface area contributed by atoms with Gasteiger partial charge in [-0.05, 0) is 18.3 Å². The summed E-state index contributed by atoms with van der Waals surface area (Å²) in [7, 11) is -2.83. The fraction of sp³-hybridized carbons (Fsp3) is 1.00. The SMILES string of the molecule is CC(C)(C)C(CCO)NC1CCS(=O)(=O)C1. The van der Waals surface area contributed by atoms with Gasteiger partial charge in [0.05, 0.1) is 11.5 Å². The Morgan fingerprint density at radius 2 is 2.06 bits per heavy atom. The van der Waals surface area contributed by atoms with Crippen molar-refractivity contribution in [3.8, 4) is 0 Å². The zero-order valence-electron chi connectivity index (χ0n) is 10.4. The Morgan fingerprint density at radius 1 is 1.44 bits per heavy atom. The molecule has 0 aromatic heterocycles. The first-order chi connectivity index (χ1) is 7.24. The maximum Gasteiger partial charge on any atom is 0.151 e. The van der Waals surface area contributed by atoms with Crippen LogP contribution in [0.15, 0.2) is 0 Å². The third-order valence-corrected chi connectivity index (χ3v) is 4.90. The average Bonchev–Trinajstić information content (AvgIpc) is 2.43. The Balaban J connectivity index is 2.57. The molecule has 16 heavy (non-hydrogen) atoms. The third kappa shape index (κ3) is 4.03. The molecule has 2 atom stereocenters. The molecule has 0 radical (unpaired) electrons. The summed E-state index contributed by atoms with van der Waals surface area (Å²) >= 11 is 0. The largest absolute Gasteiger partial charge is 0.396 e. The first-order valence-corrected chi connectivity index (χ1v) is 7.64. The molecule has 1 saturated heterocycles. The summed E-state index contributed by atoms with van der Waals surface area (Å²) in [6.07, 6.45) is 1.36. The Bertz CT molecular complexity index is 319. The number of aliphatic hydroxyl groups excluding tert-OH is 1. The third-order valence-electron chi connectivity index (χ3n) is 3.13. The lowest BCUT2D eigenvalue weighted by Gasteiger charge is -2.33. The van der Waals surface area contributed by atoms with Gasteiger partial charge in [0.15, 0.2) is 9.84 Å². The van der Waals surface area contributed by atoms with Gasteiger partial charge >= 0.3 is 0 Å². The first kappa shape index (κ1) is 13.9. The molecule has 5 heteroatoms. The number of rotatable bonds is 4. The zero-order chi connectivity index (χ0) is 12.4. The lowest BCUT2D eigenvalue weighted by Crippen LogP contribution is -2.46. The van der Waals surface area contributed by atoms with Gasteiger partial charge in [-0.3, -0.25) is 0 Å². The van der Waals surface area contributed by atoms with Crippen LogP contribution in [0.3, 0.4) is 0 Å². The molecule has 2 N–H and O–H groups in total. The lowest BCUT2D eigenvalue weighted by atomic mass is 9.84. The highest BCUT2D eigenvalue weighted by atomic mass is 32.2. The van der Waals surface area contributed by atoms with E-state index in [0.29, 0.717) is 18.6 Å². The maximum absolute atomic E-state index is 11.3. The second-order valence-corrected chi connectivity index (χ2v) is 7.93. The molecule has 1 heterocycles. The summed E-state index contributed by atoms with van der Waals surface area (Å²) in [5.41, 5.74) is 0.0368. The van der Waals surface area contributed by atoms with E-state index < -0.39 is 9.84 Å². The molecule has 0 spiro atoms. The number of hydrogen-bond donors (Lipinski definition) is 2. The highest BCUT2D eigenvalue weighted by Gasteiger charge is 2.32. The minimum atomic E-state index is -2.83. The van der Waals surface area contributed by atoms with Gasteiger partial charge in [0.25, 0.3) is 0 Å². The zero-order valence-corrected chi connectivity index (χ0v) is 11.2. The van der Waals surface area contributed by atoms with Crippen molar-refractivity contribution in [1.82, 2.24) is 5.32 Å². The van der Waals surface area contributed by atoms with Gasteiger partial charge in [0.1, 0.15) is 0 Å². The van der Waals surface area contributed by atoms with Gasteiger partial charge in [-0.1, -0.05) is 20.8 Å².